The molecule has 7 nitrogen and oxygen atoms in total. The molecule has 2 aromatic carbocycles. The number of carbonyl (C=O) groups is 2. The molecule has 0 aliphatic carbocycles. The van der Waals surface area contributed by atoms with Crippen molar-refractivity contribution < 1.29 is 19.2 Å². The first-order valence-electron chi connectivity index (χ1n) is 10.7. The van der Waals surface area contributed by atoms with Crippen molar-refractivity contribution in [3.63, 3.8) is 0 Å². The zero-order valence-electron chi connectivity index (χ0n) is 18.8. The second-order valence-electron chi connectivity index (χ2n) is 8.27. The van der Waals surface area contributed by atoms with Gasteiger partial charge in [-0.25, -0.2) is 0 Å². The molecular formula is C24H33N4O3+. The Kier molecular flexibility index (Phi) is 7.65. The van der Waals surface area contributed by atoms with Crippen molar-refractivity contribution in [3.05, 3.63) is 59.2 Å². The monoisotopic (exact) mass is 425 g/mol. The van der Waals surface area contributed by atoms with Crippen LogP contribution < -0.4 is 20.4 Å². The molecule has 1 aliphatic heterocycles. The molecule has 1 atom stereocenters. The normalized spacial score (nSPS) is 15.2. The number of aryl methyl sites for hydroxylation is 2. The molecular weight excluding hydrogens is 392 g/mol. The first kappa shape index (κ1) is 22.8. The Bertz CT molecular complexity index is 906. The van der Waals surface area contributed by atoms with Crippen LogP contribution in [0.25, 0.3) is 0 Å². The van der Waals surface area contributed by atoms with Crippen LogP contribution in [-0.4, -0.2) is 58.8 Å². The third-order valence-corrected chi connectivity index (χ3v) is 5.88. The summed E-state index contributed by atoms with van der Waals surface area (Å²) in [4.78, 5) is 28.3. The Morgan fingerprint density at radius 1 is 1.00 bits per heavy atom. The first-order chi connectivity index (χ1) is 14.8. The standard InChI is InChI=1S/C24H32N4O3/c1-17-5-8-20(15-18(17)2)26-24(30)23(29)25-16-22(28-11-13-31-14-12-28)19-6-9-21(10-7-19)27(3)4/h5-10,15,22H,11-14,16H2,1-4H3,(H,25,29)(H,26,30)/p+1/t22-/m0/s1. The van der Waals surface area contributed by atoms with Gasteiger partial charge in [0.15, 0.2) is 0 Å². The van der Waals surface area contributed by atoms with Crippen molar-refractivity contribution in [2.24, 2.45) is 0 Å². The van der Waals surface area contributed by atoms with Crippen LogP contribution in [0.3, 0.4) is 0 Å². The summed E-state index contributed by atoms with van der Waals surface area (Å²) < 4.78 is 5.51. The summed E-state index contributed by atoms with van der Waals surface area (Å²) in [6, 6.07) is 14.0. The number of ether oxygens (including phenoxy) is 1. The molecule has 2 aromatic rings. The van der Waals surface area contributed by atoms with Gasteiger partial charge < -0.3 is 25.2 Å². The number of rotatable bonds is 6. The number of anilines is 2. The van der Waals surface area contributed by atoms with Gasteiger partial charge in [-0.1, -0.05) is 18.2 Å². The van der Waals surface area contributed by atoms with E-state index in [1.165, 1.54) is 4.90 Å². The van der Waals surface area contributed by atoms with E-state index in [1.807, 2.05) is 40.1 Å². The number of morpholine rings is 1. The van der Waals surface area contributed by atoms with E-state index in [0.29, 0.717) is 25.4 Å². The molecule has 0 spiro atoms. The number of hydrogen-bond donors (Lipinski definition) is 3. The lowest BCUT2D eigenvalue weighted by Crippen LogP contribution is -3.15. The van der Waals surface area contributed by atoms with Gasteiger partial charge in [-0.2, -0.15) is 0 Å². The Hall–Kier alpha value is -2.90. The molecule has 1 aliphatic rings. The van der Waals surface area contributed by atoms with Crippen LogP contribution in [0.5, 0.6) is 0 Å². The van der Waals surface area contributed by atoms with Gasteiger partial charge in [0.05, 0.1) is 19.8 Å². The highest BCUT2D eigenvalue weighted by Crippen LogP contribution is 2.17. The Labute approximate surface area is 184 Å². The quantitative estimate of drug-likeness (QED) is 0.606. The number of hydrogen-bond acceptors (Lipinski definition) is 4. The maximum atomic E-state index is 12.5. The van der Waals surface area contributed by atoms with Gasteiger partial charge in [0.2, 0.25) is 0 Å². The molecule has 3 N–H and O–H groups in total. The lowest BCUT2D eigenvalue weighted by molar-refractivity contribution is -0.937. The van der Waals surface area contributed by atoms with E-state index in [4.69, 9.17) is 4.74 Å². The summed E-state index contributed by atoms with van der Waals surface area (Å²) in [7, 11) is 4.02. The maximum absolute atomic E-state index is 12.5. The average Bonchev–Trinajstić information content (AvgIpc) is 2.77. The van der Waals surface area contributed by atoms with Crippen LogP contribution in [0, 0.1) is 13.8 Å². The highest BCUT2D eigenvalue weighted by molar-refractivity contribution is 6.39. The van der Waals surface area contributed by atoms with Crippen LogP contribution >= 0.6 is 0 Å². The average molecular weight is 426 g/mol. The maximum Gasteiger partial charge on any atom is 0.313 e. The van der Waals surface area contributed by atoms with Crippen LogP contribution in [0.2, 0.25) is 0 Å². The number of quaternary nitrogens is 1. The van der Waals surface area contributed by atoms with Crippen molar-refractivity contribution >= 4 is 23.2 Å². The van der Waals surface area contributed by atoms with E-state index in [1.54, 1.807) is 6.07 Å². The Balaban J connectivity index is 1.66. The molecule has 0 radical (unpaired) electrons. The summed E-state index contributed by atoms with van der Waals surface area (Å²) in [5.41, 5.74) is 5.08. The van der Waals surface area contributed by atoms with Gasteiger partial charge in [0, 0.05) is 31.0 Å². The predicted molar refractivity (Wildman–Crippen MR) is 123 cm³/mol. The minimum atomic E-state index is -0.651. The predicted octanol–water partition coefficient (Wildman–Crippen LogP) is 1.08. The molecule has 0 bridgehead atoms. The molecule has 3 rings (SSSR count). The summed E-state index contributed by atoms with van der Waals surface area (Å²) in [5, 5.41) is 5.53. The van der Waals surface area contributed by atoms with Gasteiger partial charge >= 0.3 is 11.8 Å². The summed E-state index contributed by atoms with van der Waals surface area (Å²) in [6.45, 7) is 7.49. The SMILES string of the molecule is Cc1ccc(NC(=O)C(=O)NC[C@@H](c2ccc(N(C)C)cc2)[NH+]2CCOCC2)cc1C. The largest absolute Gasteiger partial charge is 0.378 e. The zero-order valence-corrected chi connectivity index (χ0v) is 18.8. The molecule has 31 heavy (non-hydrogen) atoms. The third-order valence-electron chi connectivity index (χ3n) is 5.88. The molecule has 1 saturated heterocycles. The smallest absolute Gasteiger partial charge is 0.313 e. The van der Waals surface area contributed by atoms with Crippen LogP contribution in [0.4, 0.5) is 11.4 Å². The zero-order chi connectivity index (χ0) is 22.4. The molecule has 1 heterocycles. The van der Waals surface area contributed by atoms with Crippen molar-refractivity contribution in [2.45, 2.75) is 19.9 Å². The lowest BCUT2D eigenvalue weighted by Gasteiger charge is -2.32. The number of benzene rings is 2. The summed E-state index contributed by atoms with van der Waals surface area (Å²) >= 11 is 0. The molecule has 166 valence electrons. The summed E-state index contributed by atoms with van der Waals surface area (Å²) in [5.74, 6) is -1.28. The van der Waals surface area contributed by atoms with E-state index < -0.39 is 11.8 Å². The van der Waals surface area contributed by atoms with Gasteiger partial charge in [0.25, 0.3) is 0 Å². The molecule has 7 heteroatoms. The van der Waals surface area contributed by atoms with Gasteiger partial charge in [0.1, 0.15) is 19.1 Å². The number of carbonyl (C=O) groups excluding carboxylic acids is 2. The second-order valence-corrected chi connectivity index (χ2v) is 8.27. The molecule has 0 unspecified atom stereocenters. The highest BCUT2D eigenvalue weighted by atomic mass is 16.5. The number of amides is 2. The second kappa shape index (κ2) is 10.4. The Morgan fingerprint density at radius 2 is 1.68 bits per heavy atom. The summed E-state index contributed by atoms with van der Waals surface area (Å²) in [6.07, 6.45) is 0. The van der Waals surface area contributed by atoms with Crippen LogP contribution in [0.1, 0.15) is 22.7 Å². The van der Waals surface area contributed by atoms with E-state index in [9.17, 15) is 9.59 Å². The van der Waals surface area contributed by atoms with E-state index in [2.05, 4.69) is 39.8 Å². The fourth-order valence-electron chi connectivity index (χ4n) is 3.77. The fourth-order valence-corrected chi connectivity index (χ4v) is 3.77. The Morgan fingerprint density at radius 3 is 2.29 bits per heavy atom. The van der Waals surface area contributed by atoms with E-state index in [-0.39, 0.29) is 6.04 Å². The molecule has 2 amide bonds. The third kappa shape index (κ3) is 6.06. The molecule has 0 aromatic heterocycles. The first-order valence-corrected chi connectivity index (χ1v) is 10.7. The highest BCUT2D eigenvalue weighted by Gasteiger charge is 2.28. The van der Waals surface area contributed by atoms with Crippen molar-refractivity contribution in [3.8, 4) is 0 Å². The van der Waals surface area contributed by atoms with Gasteiger partial charge in [-0.15, -0.1) is 0 Å². The van der Waals surface area contributed by atoms with E-state index in [0.717, 1.165) is 35.5 Å². The van der Waals surface area contributed by atoms with Crippen molar-refractivity contribution in [1.29, 1.82) is 0 Å². The minimum Gasteiger partial charge on any atom is -0.378 e. The number of nitrogens with zero attached hydrogens (tertiary/aromatic N) is 1. The van der Waals surface area contributed by atoms with Crippen LogP contribution in [0.15, 0.2) is 42.5 Å². The van der Waals surface area contributed by atoms with Crippen molar-refractivity contribution in [2.75, 3.05) is 57.2 Å². The fraction of sp³-hybridized carbons (Fsp3) is 0.417. The van der Waals surface area contributed by atoms with Gasteiger partial charge in [-0.05, 0) is 49.2 Å². The van der Waals surface area contributed by atoms with Crippen LogP contribution in [-0.2, 0) is 14.3 Å². The lowest BCUT2D eigenvalue weighted by atomic mass is 10.0. The molecule has 0 saturated carbocycles. The molecule has 1 fully saturated rings. The minimum absolute atomic E-state index is 0.0541. The van der Waals surface area contributed by atoms with Gasteiger partial charge in [-0.3, -0.25) is 9.59 Å². The van der Waals surface area contributed by atoms with Crippen molar-refractivity contribution in [1.82, 2.24) is 5.32 Å². The topological polar surface area (TPSA) is 75.1 Å². The van der Waals surface area contributed by atoms with E-state index >= 15 is 0 Å². The number of nitrogens with one attached hydrogen (secondary N) is 3.